The molecule has 0 aromatic carbocycles. The maximum absolute atomic E-state index is 11.9. The molecule has 0 aromatic heterocycles. The lowest BCUT2D eigenvalue weighted by Crippen LogP contribution is -2.56. The molecule has 1 amide bonds. The highest BCUT2D eigenvalue weighted by atomic mass is 35.5. The Hall–Kier alpha value is -0.810. The zero-order chi connectivity index (χ0) is 14.6. The Labute approximate surface area is 119 Å². The number of carbonyl (C=O) groups is 2. The van der Waals surface area contributed by atoms with Crippen LogP contribution in [0.3, 0.4) is 0 Å². The largest absolute Gasteiger partial charge is 0.463 e. The van der Waals surface area contributed by atoms with Gasteiger partial charge in [-0.05, 0) is 26.7 Å². The molecule has 0 saturated carbocycles. The molecule has 1 N–H and O–H groups in total. The Morgan fingerprint density at radius 1 is 1.47 bits per heavy atom. The first-order valence-electron chi connectivity index (χ1n) is 6.64. The highest BCUT2D eigenvalue weighted by Crippen LogP contribution is 2.15. The molecule has 1 atom stereocenters. The van der Waals surface area contributed by atoms with Crippen LogP contribution < -0.4 is 5.43 Å². The van der Waals surface area contributed by atoms with Crippen molar-refractivity contribution in [3.8, 4) is 0 Å². The van der Waals surface area contributed by atoms with Crippen LogP contribution in [-0.4, -0.2) is 41.0 Å². The lowest BCUT2D eigenvalue weighted by molar-refractivity contribution is -0.153. The number of nitrogens with zero attached hydrogens (tertiary/aromatic N) is 1. The fraction of sp³-hybridized carbons (Fsp3) is 0.846. The predicted octanol–water partition coefficient (Wildman–Crippen LogP) is 1.70. The summed E-state index contributed by atoms with van der Waals surface area (Å²) < 4.78 is 5.16. The lowest BCUT2D eigenvalue weighted by Gasteiger charge is -2.34. The Kier molecular flexibility index (Phi) is 5.62. The van der Waals surface area contributed by atoms with E-state index in [0.717, 1.165) is 6.42 Å². The van der Waals surface area contributed by atoms with Crippen LogP contribution in [0.15, 0.2) is 0 Å². The van der Waals surface area contributed by atoms with E-state index >= 15 is 0 Å². The van der Waals surface area contributed by atoms with Crippen LogP contribution >= 0.6 is 11.6 Å². The number of rotatable bonds is 4. The number of nitrogens with one attached hydrogen (secondary N) is 1. The van der Waals surface area contributed by atoms with E-state index in [4.69, 9.17) is 16.3 Å². The highest BCUT2D eigenvalue weighted by Gasteiger charge is 2.30. The number of hydrogen-bond acceptors (Lipinski definition) is 4. The molecule has 0 aliphatic carbocycles. The monoisotopic (exact) mass is 290 g/mol. The zero-order valence-electron chi connectivity index (χ0n) is 12.0. The lowest BCUT2D eigenvalue weighted by atomic mass is 10.1. The average Bonchev–Trinajstić information content (AvgIpc) is 2.34. The predicted molar refractivity (Wildman–Crippen MR) is 73.6 cm³/mol. The smallest absolute Gasteiger partial charge is 0.325 e. The first kappa shape index (κ1) is 16.2. The summed E-state index contributed by atoms with van der Waals surface area (Å²) in [5, 5.41) is 1.52. The average molecular weight is 291 g/mol. The van der Waals surface area contributed by atoms with Crippen molar-refractivity contribution in [2.75, 3.05) is 13.2 Å². The fourth-order valence-electron chi connectivity index (χ4n) is 1.77. The quantitative estimate of drug-likeness (QED) is 0.632. The third-order valence-electron chi connectivity index (χ3n) is 2.79. The Bertz CT molecular complexity index is 339. The number of hydrazine groups is 1. The molecule has 1 aliphatic heterocycles. The number of esters is 1. The third kappa shape index (κ3) is 5.37. The van der Waals surface area contributed by atoms with Crippen molar-refractivity contribution in [1.82, 2.24) is 10.4 Å². The van der Waals surface area contributed by atoms with Crippen molar-refractivity contribution in [3.63, 3.8) is 0 Å². The molecular formula is C13H23ClN2O3. The van der Waals surface area contributed by atoms with Gasteiger partial charge >= 0.3 is 5.97 Å². The second-order valence-corrected chi connectivity index (χ2v) is 6.82. The minimum atomic E-state index is -0.572. The molecule has 19 heavy (non-hydrogen) atoms. The van der Waals surface area contributed by atoms with E-state index in [-0.39, 0.29) is 24.4 Å². The van der Waals surface area contributed by atoms with Gasteiger partial charge in [0.25, 0.3) is 0 Å². The minimum absolute atomic E-state index is 0.00447. The van der Waals surface area contributed by atoms with Crippen LogP contribution in [0, 0.1) is 5.92 Å². The molecule has 1 aliphatic rings. The van der Waals surface area contributed by atoms with E-state index < -0.39 is 10.9 Å². The van der Waals surface area contributed by atoms with Crippen LogP contribution in [0.4, 0.5) is 0 Å². The van der Waals surface area contributed by atoms with Gasteiger partial charge in [-0.15, -0.1) is 11.6 Å². The second-order valence-electron chi connectivity index (χ2n) is 5.79. The van der Waals surface area contributed by atoms with Crippen molar-refractivity contribution in [1.29, 1.82) is 0 Å². The van der Waals surface area contributed by atoms with Gasteiger partial charge < -0.3 is 4.74 Å². The molecule has 5 nitrogen and oxygen atoms in total. The molecule has 0 spiro atoms. The van der Waals surface area contributed by atoms with Crippen LogP contribution in [0.5, 0.6) is 0 Å². The number of alkyl halides is 1. The van der Waals surface area contributed by atoms with Crippen LogP contribution in [-0.2, 0) is 14.3 Å². The summed E-state index contributed by atoms with van der Waals surface area (Å²) in [6, 6.07) is -0.463. The number of halogens is 1. The standard InChI is InChI=1S/C13H23ClN2O3/c1-9(2)11(17)16-7-5-6-10(15-16)12(18)19-8-13(3,4)14/h9-10,15H,5-8H2,1-4H3. The zero-order valence-corrected chi connectivity index (χ0v) is 12.8. The van der Waals surface area contributed by atoms with Gasteiger partial charge in [0.05, 0.1) is 4.87 Å². The molecule has 110 valence electrons. The first-order valence-corrected chi connectivity index (χ1v) is 7.01. The summed E-state index contributed by atoms with van der Waals surface area (Å²) in [6.07, 6.45) is 1.46. The van der Waals surface area contributed by atoms with Crippen molar-refractivity contribution < 1.29 is 14.3 Å². The molecular weight excluding hydrogens is 268 g/mol. The minimum Gasteiger partial charge on any atom is -0.463 e. The topological polar surface area (TPSA) is 58.6 Å². The van der Waals surface area contributed by atoms with Gasteiger partial charge in [-0.25, -0.2) is 5.43 Å². The van der Waals surface area contributed by atoms with Crippen LogP contribution in [0.2, 0.25) is 0 Å². The SMILES string of the molecule is CC(C)C(=O)N1CCCC(C(=O)OCC(C)(C)Cl)N1. The Morgan fingerprint density at radius 3 is 2.63 bits per heavy atom. The molecule has 6 heteroatoms. The molecule has 1 unspecified atom stereocenters. The van der Waals surface area contributed by atoms with Crippen molar-refractivity contribution in [3.05, 3.63) is 0 Å². The first-order chi connectivity index (χ1) is 8.70. The molecule has 1 fully saturated rings. The van der Waals surface area contributed by atoms with Gasteiger partial charge in [0.15, 0.2) is 0 Å². The van der Waals surface area contributed by atoms with Crippen molar-refractivity contribution in [2.45, 2.75) is 51.5 Å². The number of amides is 1. The van der Waals surface area contributed by atoms with E-state index in [2.05, 4.69) is 5.43 Å². The van der Waals surface area contributed by atoms with Crippen molar-refractivity contribution >= 4 is 23.5 Å². The third-order valence-corrected chi connectivity index (χ3v) is 2.90. The van der Waals surface area contributed by atoms with Gasteiger partial charge in [-0.2, -0.15) is 0 Å². The molecule has 1 rings (SSSR count). The maximum Gasteiger partial charge on any atom is 0.325 e. The van der Waals surface area contributed by atoms with Crippen molar-refractivity contribution in [2.24, 2.45) is 5.92 Å². The number of carbonyl (C=O) groups excluding carboxylic acids is 2. The molecule has 0 radical (unpaired) electrons. The van der Waals surface area contributed by atoms with E-state index in [1.807, 2.05) is 13.8 Å². The summed E-state index contributed by atoms with van der Waals surface area (Å²) in [4.78, 5) is 23.2. The van der Waals surface area contributed by atoms with Gasteiger partial charge in [0.2, 0.25) is 5.91 Å². The summed E-state index contributed by atoms with van der Waals surface area (Å²) >= 11 is 5.97. The van der Waals surface area contributed by atoms with E-state index in [9.17, 15) is 9.59 Å². The van der Waals surface area contributed by atoms with E-state index in [1.165, 1.54) is 5.01 Å². The molecule has 0 aromatic rings. The van der Waals surface area contributed by atoms with Gasteiger partial charge in [0, 0.05) is 12.5 Å². The number of ether oxygens (including phenoxy) is 1. The van der Waals surface area contributed by atoms with Crippen LogP contribution in [0.1, 0.15) is 40.5 Å². The summed E-state index contributed by atoms with van der Waals surface area (Å²) in [6.45, 7) is 8.02. The summed E-state index contributed by atoms with van der Waals surface area (Å²) in [5.41, 5.74) is 2.94. The number of hydrogen-bond donors (Lipinski definition) is 1. The summed E-state index contributed by atoms with van der Waals surface area (Å²) in [7, 11) is 0. The van der Waals surface area contributed by atoms with Gasteiger partial charge in [-0.3, -0.25) is 14.6 Å². The highest BCUT2D eigenvalue weighted by molar-refractivity contribution is 6.23. The Morgan fingerprint density at radius 2 is 2.11 bits per heavy atom. The normalized spacial score (nSPS) is 20.5. The summed E-state index contributed by atoms with van der Waals surface area (Å²) in [5.74, 6) is -0.450. The molecule has 1 heterocycles. The molecule has 0 bridgehead atoms. The maximum atomic E-state index is 11.9. The van der Waals surface area contributed by atoms with Gasteiger partial charge in [-0.1, -0.05) is 13.8 Å². The molecule has 1 saturated heterocycles. The van der Waals surface area contributed by atoms with E-state index in [1.54, 1.807) is 13.8 Å². The second kappa shape index (κ2) is 6.57. The van der Waals surface area contributed by atoms with E-state index in [0.29, 0.717) is 13.0 Å². The van der Waals surface area contributed by atoms with Gasteiger partial charge in [0.1, 0.15) is 12.6 Å². The Balaban J connectivity index is 2.50. The van der Waals surface area contributed by atoms with Crippen LogP contribution in [0.25, 0.3) is 0 Å². The fourth-order valence-corrected chi connectivity index (χ4v) is 1.82.